The van der Waals surface area contributed by atoms with Gasteiger partial charge in [0.05, 0.1) is 16.8 Å². The molecule has 4 rings (SSSR count). The largest absolute Gasteiger partial charge is 0.345 e. The number of benzene rings is 3. The van der Waals surface area contributed by atoms with E-state index in [-0.39, 0.29) is 5.91 Å². The van der Waals surface area contributed by atoms with Crippen LogP contribution >= 0.6 is 0 Å². The summed E-state index contributed by atoms with van der Waals surface area (Å²) in [6.07, 6.45) is 0. The number of amides is 1. The maximum atomic E-state index is 12.7. The molecule has 0 unspecified atom stereocenters. The Bertz CT molecular complexity index is 1100. The molecule has 0 aliphatic carbocycles. The number of nitrogens with zero attached hydrogens (tertiary/aromatic N) is 2. The molecule has 4 aromatic rings. The van der Waals surface area contributed by atoms with Crippen molar-refractivity contribution in [2.24, 2.45) is 0 Å². The van der Waals surface area contributed by atoms with Crippen LogP contribution in [0.3, 0.4) is 0 Å². The van der Waals surface area contributed by atoms with Gasteiger partial charge in [0.25, 0.3) is 5.91 Å². The third kappa shape index (κ3) is 3.32. The van der Waals surface area contributed by atoms with Gasteiger partial charge in [-0.3, -0.25) is 4.79 Å². The first-order chi connectivity index (χ1) is 13.1. The highest BCUT2D eigenvalue weighted by Gasteiger charge is 2.15. The summed E-state index contributed by atoms with van der Waals surface area (Å²) in [6, 6.07) is 28.2. The average Bonchev–Trinajstić information content (AvgIpc) is 2.73. The van der Waals surface area contributed by atoms with Crippen LogP contribution < -0.4 is 0 Å². The summed E-state index contributed by atoms with van der Waals surface area (Å²) in [5.41, 5.74) is 5.63. The summed E-state index contributed by atoms with van der Waals surface area (Å²) < 4.78 is 0. The van der Waals surface area contributed by atoms with Crippen molar-refractivity contribution >= 4 is 16.8 Å². The second kappa shape index (κ2) is 7.04. The van der Waals surface area contributed by atoms with Gasteiger partial charge < -0.3 is 4.90 Å². The van der Waals surface area contributed by atoms with Gasteiger partial charge in [0.15, 0.2) is 0 Å². The molecule has 0 saturated heterocycles. The summed E-state index contributed by atoms with van der Waals surface area (Å²) >= 11 is 0. The summed E-state index contributed by atoms with van der Waals surface area (Å²) in [7, 11) is 3.54. The number of hydrogen-bond acceptors (Lipinski definition) is 2. The number of rotatable bonds is 3. The lowest BCUT2D eigenvalue weighted by atomic mass is 10.0. The number of fused-ring (bicyclic) bond motifs is 1. The number of carbonyl (C=O) groups is 1. The zero-order valence-corrected chi connectivity index (χ0v) is 15.4. The van der Waals surface area contributed by atoms with Gasteiger partial charge in [-0.2, -0.15) is 0 Å². The molecule has 0 saturated carbocycles. The summed E-state index contributed by atoms with van der Waals surface area (Å²) in [5.74, 6) is -0.0178. The molecule has 27 heavy (non-hydrogen) atoms. The molecule has 1 aromatic heterocycles. The summed E-state index contributed by atoms with van der Waals surface area (Å²) in [4.78, 5) is 19.1. The van der Waals surface area contributed by atoms with E-state index >= 15 is 0 Å². The van der Waals surface area contributed by atoms with Crippen LogP contribution in [0.4, 0.5) is 0 Å². The molecule has 1 heterocycles. The third-order valence-electron chi connectivity index (χ3n) is 4.64. The highest BCUT2D eigenvalue weighted by Crippen LogP contribution is 2.27. The Morgan fingerprint density at radius 1 is 0.741 bits per heavy atom. The Morgan fingerprint density at radius 3 is 2.04 bits per heavy atom. The van der Waals surface area contributed by atoms with Gasteiger partial charge in [0.2, 0.25) is 0 Å². The number of carbonyl (C=O) groups excluding carboxylic acids is 1. The van der Waals surface area contributed by atoms with Crippen molar-refractivity contribution in [2.45, 2.75) is 0 Å². The lowest BCUT2D eigenvalue weighted by Gasteiger charge is -2.14. The lowest BCUT2D eigenvalue weighted by molar-refractivity contribution is 0.0829. The molecule has 0 atom stereocenters. The van der Waals surface area contributed by atoms with Gasteiger partial charge in [0, 0.05) is 25.0 Å². The predicted octanol–water partition coefficient (Wildman–Crippen LogP) is 5.27. The van der Waals surface area contributed by atoms with E-state index in [0.29, 0.717) is 5.56 Å². The molecule has 1 amide bonds. The number of para-hydroxylation sites is 1. The van der Waals surface area contributed by atoms with Gasteiger partial charge >= 0.3 is 0 Å². The van der Waals surface area contributed by atoms with Gasteiger partial charge in [-0.25, -0.2) is 4.98 Å². The van der Waals surface area contributed by atoms with Crippen molar-refractivity contribution < 1.29 is 4.79 Å². The molecule has 0 spiro atoms. The van der Waals surface area contributed by atoms with Crippen LogP contribution in [0.5, 0.6) is 0 Å². The fraction of sp³-hybridized carbons (Fsp3) is 0.0833. The predicted molar refractivity (Wildman–Crippen MR) is 111 cm³/mol. The Morgan fingerprint density at radius 2 is 1.33 bits per heavy atom. The smallest absolute Gasteiger partial charge is 0.254 e. The minimum atomic E-state index is -0.0178. The van der Waals surface area contributed by atoms with Gasteiger partial charge in [0.1, 0.15) is 0 Å². The summed E-state index contributed by atoms with van der Waals surface area (Å²) in [5, 5.41) is 0.876. The molecule has 132 valence electrons. The number of pyridine rings is 1. The molecule has 0 radical (unpaired) electrons. The van der Waals surface area contributed by atoms with E-state index in [9.17, 15) is 4.79 Å². The molecule has 3 nitrogen and oxygen atoms in total. The maximum absolute atomic E-state index is 12.7. The quantitative estimate of drug-likeness (QED) is 0.503. The standard InChI is InChI=1S/C24H20N2O/c1-26(2)24(27)21-16-23(25-22-11-7-6-10-20(21)22)19-14-12-18(13-15-19)17-8-4-3-5-9-17/h3-16H,1-2H3. The molecule has 0 aliphatic heterocycles. The molecular weight excluding hydrogens is 332 g/mol. The van der Waals surface area contributed by atoms with Crippen LogP contribution in [0.2, 0.25) is 0 Å². The Balaban J connectivity index is 1.81. The molecule has 0 N–H and O–H groups in total. The van der Waals surface area contributed by atoms with Crippen LogP contribution in [0.15, 0.2) is 84.9 Å². The topological polar surface area (TPSA) is 33.2 Å². The second-order valence-corrected chi connectivity index (χ2v) is 6.72. The molecule has 3 heteroatoms. The Kier molecular flexibility index (Phi) is 4.43. The van der Waals surface area contributed by atoms with Crippen molar-refractivity contribution in [3.63, 3.8) is 0 Å². The van der Waals surface area contributed by atoms with E-state index in [1.165, 1.54) is 5.56 Å². The molecule has 3 aromatic carbocycles. The van der Waals surface area contributed by atoms with E-state index in [0.717, 1.165) is 27.7 Å². The van der Waals surface area contributed by atoms with E-state index in [2.05, 4.69) is 36.4 Å². The highest BCUT2D eigenvalue weighted by atomic mass is 16.2. The average molecular weight is 352 g/mol. The number of hydrogen-bond donors (Lipinski definition) is 0. The van der Waals surface area contributed by atoms with Crippen molar-refractivity contribution in [3.8, 4) is 22.4 Å². The highest BCUT2D eigenvalue weighted by molar-refractivity contribution is 6.07. The molecular formula is C24H20N2O. The Hall–Kier alpha value is -3.46. The van der Waals surface area contributed by atoms with Crippen LogP contribution in [-0.4, -0.2) is 29.9 Å². The first-order valence-electron chi connectivity index (χ1n) is 8.91. The molecule has 0 fully saturated rings. The van der Waals surface area contributed by atoms with Crippen molar-refractivity contribution in [1.29, 1.82) is 0 Å². The number of aromatic nitrogens is 1. The van der Waals surface area contributed by atoms with Gasteiger partial charge in [-0.1, -0.05) is 72.8 Å². The van der Waals surface area contributed by atoms with Crippen LogP contribution in [0.1, 0.15) is 10.4 Å². The van der Waals surface area contributed by atoms with Crippen molar-refractivity contribution in [1.82, 2.24) is 9.88 Å². The minimum Gasteiger partial charge on any atom is -0.345 e. The SMILES string of the molecule is CN(C)C(=O)c1cc(-c2ccc(-c3ccccc3)cc2)nc2ccccc12. The van der Waals surface area contributed by atoms with Gasteiger partial charge in [-0.15, -0.1) is 0 Å². The third-order valence-corrected chi connectivity index (χ3v) is 4.64. The van der Waals surface area contributed by atoms with Crippen LogP contribution in [0.25, 0.3) is 33.3 Å². The Labute approximate surface area is 158 Å². The zero-order chi connectivity index (χ0) is 18.8. The molecule has 0 aliphatic rings. The molecule has 0 bridgehead atoms. The van der Waals surface area contributed by atoms with Crippen molar-refractivity contribution in [3.05, 3.63) is 90.5 Å². The first-order valence-corrected chi connectivity index (χ1v) is 8.91. The van der Waals surface area contributed by atoms with Gasteiger partial charge in [-0.05, 0) is 23.3 Å². The van der Waals surface area contributed by atoms with E-state index < -0.39 is 0 Å². The normalized spacial score (nSPS) is 10.7. The van der Waals surface area contributed by atoms with Crippen LogP contribution in [-0.2, 0) is 0 Å². The van der Waals surface area contributed by atoms with Crippen molar-refractivity contribution in [2.75, 3.05) is 14.1 Å². The fourth-order valence-electron chi connectivity index (χ4n) is 3.21. The maximum Gasteiger partial charge on any atom is 0.254 e. The monoisotopic (exact) mass is 352 g/mol. The van der Waals surface area contributed by atoms with E-state index in [4.69, 9.17) is 4.98 Å². The lowest BCUT2D eigenvalue weighted by Crippen LogP contribution is -2.22. The zero-order valence-electron chi connectivity index (χ0n) is 15.4. The fourth-order valence-corrected chi connectivity index (χ4v) is 3.21. The minimum absolute atomic E-state index is 0.0178. The first kappa shape index (κ1) is 17.0. The van der Waals surface area contributed by atoms with E-state index in [1.54, 1.807) is 19.0 Å². The second-order valence-electron chi connectivity index (χ2n) is 6.72. The van der Waals surface area contributed by atoms with E-state index in [1.807, 2.05) is 48.5 Å². The summed E-state index contributed by atoms with van der Waals surface area (Å²) in [6.45, 7) is 0. The van der Waals surface area contributed by atoms with Crippen LogP contribution in [0, 0.1) is 0 Å².